The van der Waals surface area contributed by atoms with Crippen LogP contribution < -0.4 is 0 Å². The van der Waals surface area contributed by atoms with E-state index in [1.54, 1.807) is 0 Å². The van der Waals surface area contributed by atoms with Crippen LogP contribution in [-0.4, -0.2) is 38.4 Å². The normalized spacial score (nSPS) is 21.5. The van der Waals surface area contributed by atoms with Crippen molar-refractivity contribution in [3.05, 3.63) is 42.0 Å². The molecular weight excluding hydrogens is 364 g/mol. The van der Waals surface area contributed by atoms with Gasteiger partial charge in [0.2, 0.25) is 10.0 Å². The van der Waals surface area contributed by atoms with Crippen molar-refractivity contribution in [2.75, 3.05) is 19.7 Å². The number of benzene rings is 1. The fraction of sp³-hybridized carbons (Fsp3) is 0.500. The van der Waals surface area contributed by atoms with Gasteiger partial charge in [0.05, 0.1) is 29.1 Å². The topological polar surface area (TPSA) is 87.5 Å². The van der Waals surface area contributed by atoms with E-state index in [2.05, 4.69) is 12.2 Å². The Balaban J connectivity index is 1.52. The number of hydrogen-bond donors (Lipinski definition) is 0. The summed E-state index contributed by atoms with van der Waals surface area (Å²) in [5.74, 6) is -0.0488. The Morgan fingerprint density at radius 1 is 1.15 bits per heavy atom. The molecule has 1 fully saturated rings. The summed E-state index contributed by atoms with van der Waals surface area (Å²) >= 11 is 0. The summed E-state index contributed by atoms with van der Waals surface area (Å²) in [7, 11) is -3.60. The van der Waals surface area contributed by atoms with Crippen LogP contribution in [0.25, 0.3) is 0 Å². The van der Waals surface area contributed by atoms with E-state index in [-0.39, 0.29) is 16.8 Å². The lowest BCUT2D eigenvalue weighted by atomic mass is 9.95. The molecule has 0 radical (unpaired) electrons. The molecule has 1 saturated heterocycles. The monoisotopic (exact) mass is 388 g/mol. The van der Waals surface area contributed by atoms with Gasteiger partial charge in [-0.15, -0.1) is 0 Å². The van der Waals surface area contributed by atoms with Gasteiger partial charge in [0.1, 0.15) is 0 Å². The van der Waals surface area contributed by atoms with E-state index in [0.29, 0.717) is 44.0 Å². The molecule has 27 heavy (non-hydrogen) atoms. The van der Waals surface area contributed by atoms with Crippen molar-refractivity contribution < 1.29 is 17.9 Å². The molecule has 7 heteroatoms. The average molecular weight is 388 g/mol. The van der Waals surface area contributed by atoms with Crippen LogP contribution >= 0.6 is 0 Å². The zero-order valence-corrected chi connectivity index (χ0v) is 16.0. The molecule has 1 aromatic carbocycles. The van der Waals surface area contributed by atoms with Crippen molar-refractivity contribution in [2.24, 2.45) is 11.8 Å². The van der Waals surface area contributed by atoms with E-state index < -0.39 is 10.0 Å². The predicted molar refractivity (Wildman–Crippen MR) is 100 cm³/mol. The first-order valence-corrected chi connectivity index (χ1v) is 10.8. The molecule has 3 rings (SSSR count). The molecule has 1 atom stereocenters. The highest BCUT2D eigenvalue weighted by Crippen LogP contribution is 2.26. The van der Waals surface area contributed by atoms with Gasteiger partial charge in [-0.3, -0.25) is 4.79 Å². The van der Waals surface area contributed by atoms with Gasteiger partial charge in [0.25, 0.3) is 0 Å². The number of nitrogens with zero attached hydrogens (tertiary/aromatic N) is 2. The van der Waals surface area contributed by atoms with E-state index in [1.165, 1.54) is 28.6 Å². The smallest absolute Gasteiger partial charge is 0.309 e. The first-order valence-electron chi connectivity index (χ1n) is 9.32. The Morgan fingerprint density at radius 2 is 1.85 bits per heavy atom. The van der Waals surface area contributed by atoms with E-state index >= 15 is 0 Å². The van der Waals surface area contributed by atoms with E-state index in [4.69, 9.17) is 10.00 Å². The van der Waals surface area contributed by atoms with Crippen molar-refractivity contribution in [1.82, 2.24) is 4.31 Å². The number of allylic oxidation sites excluding steroid dienone is 2. The summed E-state index contributed by atoms with van der Waals surface area (Å²) in [4.78, 5) is 12.5. The van der Waals surface area contributed by atoms with Crippen molar-refractivity contribution in [3.63, 3.8) is 0 Å². The Morgan fingerprint density at radius 3 is 2.44 bits per heavy atom. The first kappa shape index (κ1) is 19.6. The lowest BCUT2D eigenvalue weighted by Gasteiger charge is -2.30. The van der Waals surface area contributed by atoms with Crippen LogP contribution in [-0.2, 0) is 19.6 Å². The number of esters is 1. The number of carbonyl (C=O) groups excluding carboxylic acids is 1. The second-order valence-electron chi connectivity index (χ2n) is 7.10. The van der Waals surface area contributed by atoms with Gasteiger partial charge < -0.3 is 4.74 Å². The van der Waals surface area contributed by atoms with E-state index in [1.807, 2.05) is 6.07 Å². The minimum absolute atomic E-state index is 0.174. The molecule has 0 bridgehead atoms. The van der Waals surface area contributed by atoms with Crippen LogP contribution in [0.2, 0.25) is 0 Å². The van der Waals surface area contributed by atoms with Crippen molar-refractivity contribution in [1.29, 1.82) is 5.26 Å². The summed E-state index contributed by atoms with van der Waals surface area (Å²) in [5, 5.41) is 8.83. The second-order valence-corrected chi connectivity index (χ2v) is 9.03. The second kappa shape index (κ2) is 8.68. The van der Waals surface area contributed by atoms with E-state index in [0.717, 1.165) is 19.3 Å². The Hall–Kier alpha value is -2.17. The van der Waals surface area contributed by atoms with Gasteiger partial charge >= 0.3 is 5.97 Å². The molecule has 1 aliphatic carbocycles. The number of ether oxygens (including phenoxy) is 1. The number of hydrogen-bond acceptors (Lipinski definition) is 5. The van der Waals surface area contributed by atoms with Gasteiger partial charge in [-0.2, -0.15) is 9.57 Å². The number of piperidine rings is 1. The number of nitriles is 1. The zero-order valence-electron chi connectivity index (χ0n) is 15.2. The summed E-state index contributed by atoms with van der Waals surface area (Å²) < 4.78 is 32.3. The molecule has 0 N–H and O–H groups in total. The molecular formula is C20H24N2O4S. The van der Waals surface area contributed by atoms with Gasteiger partial charge in [0, 0.05) is 13.1 Å². The van der Waals surface area contributed by atoms with Crippen molar-refractivity contribution in [3.8, 4) is 6.07 Å². The molecule has 144 valence electrons. The van der Waals surface area contributed by atoms with Gasteiger partial charge in [-0.05, 0) is 62.3 Å². The Kier molecular flexibility index (Phi) is 6.30. The average Bonchev–Trinajstić information content (AvgIpc) is 2.73. The zero-order chi connectivity index (χ0) is 19.3. The first-order chi connectivity index (χ1) is 13.0. The molecule has 1 aromatic rings. The third kappa shape index (κ3) is 4.76. The highest BCUT2D eigenvalue weighted by Gasteiger charge is 2.33. The lowest BCUT2D eigenvalue weighted by molar-refractivity contribution is -0.151. The molecule has 0 saturated carbocycles. The molecule has 6 nitrogen and oxygen atoms in total. The van der Waals surface area contributed by atoms with Crippen molar-refractivity contribution in [2.45, 2.75) is 37.0 Å². The fourth-order valence-electron chi connectivity index (χ4n) is 3.51. The van der Waals surface area contributed by atoms with Gasteiger partial charge in [0.15, 0.2) is 0 Å². The van der Waals surface area contributed by atoms with Crippen LogP contribution in [0.4, 0.5) is 0 Å². The Bertz CT molecular complexity index is 832. The summed E-state index contributed by atoms with van der Waals surface area (Å²) in [5.41, 5.74) is 0.420. The minimum Gasteiger partial charge on any atom is -0.465 e. The highest BCUT2D eigenvalue weighted by molar-refractivity contribution is 7.89. The maximum Gasteiger partial charge on any atom is 0.309 e. The number of carbonyl (C=O) groups is 1. The Labute approximate surface area is 160 Å². The van der Waals surface area contributed by atoms with Crippen LogP contribution in [0.3, 0.4) is 0 Å². The predicted octanol–water partition coefficient (Wildman–Crippen LogP) is 2.86. The number of rotatable bonds is 5. The standard InChI is InChI=1S/C20H24N2O4S/c21-14-16-6-8-19(9-7-16)27(24,25)22-12-10-18(11-13-22)20(23)26-15-17-4-2-1-3-5-17/h1-2,6-9,17-18H,3-5,10-13,15H2. The summed E-state index contributed by atoms with van der Waals surface area (Å²) in [6.07, 6.45) is 8.27. The number of sulfonamides is 1. The molecule has 0 amide bonds. The van der Waals surface area contributed by atoms with Crippen LogP contribution in [0.1, 0.15) is 37.7 Å². The quantitative estimate of drug-likeness (QED) is 0.572. The minimum atomic E-state index is -3.60. The van der Waals surface area contributed by atoms with Crippen LogP contribution in [0.15, 0.2) is 41.3 Å². The molecule has 0 aromatic heterocycles. The van der Waals surface area contributed by atoms with Crippen LogP contribution in [0, 0.1) is 23.2 Å². The third-order valence-electron chi connectivity index (χ3n) is 5.25. The lowest BCUT2D eigenvalue weighted by Crippen LogP contribution is -2.40. The SMILES string of the molecule is N#Cc1ccc(S(=O)(=O)N2CCC(C(=O)OCC3CC=CCC3)CC2)cc1. The molecule has 0 spiro atoms. The maximum atomic E-state index is 12.7. The third-order valence-corrected chi connectivity index (χ3v) is 7.16. The van der Waals surface area contributed by atoms with Crippen LogP contribution in [0.5, 0.6) is 0 Å². The maximum absolute atomic E-state index is 12.7. The van der Waals surface area contributed by atoms with Gasteiger partial charge in [-0.1, -0.05) is 12.2 Å². The molecule has 1 unspecified atom stereocenters. The van der Waals surface area contributed by atoms with Crippen molar-refractivity contribution >= 4 is 16.0 Å². The highest BCUT2D eigenvalue weighted by atomic mass is 32.2. The molecule has 2 aliphatic rings. The van der Waals surface area contributed by atoms with E-state index in [9.17, 15) is 13.2 Å². The van der Waals surface area contributed by atoms with Gasteiger partial charge in [-0.25, -0.2) is 8.42 Å². The fourth-order valence-corrected chi connectivity index (χ4v) is 4.98. The molecule has 1 heterocycles. The molecule has 1 aliphatic heterocycles. The summed E-state index contributed by atoms with van der Waals surface area (Å²) in [6, 6.07) is 7.87. The summed E-state index contributed by atoms with van der Waals surface area (Å²) in [6.45, 7) is 1.05. The largest absolute Gasteiger partial charge is 0.465 e.